The molecule has 0 aliphatic heterocycles. The molecule has 4 nitrogen and oxygen atoms in total. The Bertz CT molecular complexity index is 700. The van der Waals surface area contributed by atoms with Crippen LogP contribution in [0.4, 0.5) is 22.0 Å². The molecule has 9 heteroatoms. The second-order valence-electron chi connectivity index (χ2n) is 7.00. The predicted molar refractivity (Wildman–Crippen MR) is 95.5 cm³/mol. The van der Waals surface area contributed by atoms with Gasteiger partial charge in [-0.1, -0.05) is 27.2 Å². The Morgan fingerprint density at radius 3 is 1.93 bits per heavy atom. The van der Waals surface area contributed by atoms with E-state index in [0.717, 1.165) is 12.1 Å². The van der Waals surface area contributed by atoms with Crippen molar-refractivity contribution in [1.82, 2.24) is 0 Å². The summed E-state index contributed by atoms with van der Waals surface area (Å²) >= 11 is 0. The van der Waals surface area contributed by atoms with Crippen LogP contribution in [-0.2, 0) is 20.5 Å². The predicted octanol–water partition coefficient (Wildman–Crippen LogP) is 5.78. The van der Waals surface area contributed by atoms with E-state index in [2.05, 4.69) is 4.74 Å². The molecule has 2 atom stereocenters. The summed E-state index contributed by atoms with van der Waals surface area (Å²) in [5.41, 5.74) is -1.98. The summed E-state index contributed by atoms with van der Waals surface area (Å²) in [7, 11) is 0. The van der Waals surface area contributed by atoms with Gasteiger partial charge in [-0.3, -0.25) is 4.79 Å². The maximum atomic E-state index is 14.5. The van der Waals surface area contributed by atoms with Crippen LogP contribution in [0.3, 0.4) is 0 Å². The fourth-order valence-electron chi connectivity index (χ4n) is 2.68. The Morgan fingerprint density at radius 2 is 1.52 bits per heavy atom. The average molecular weight is 424 g/mol. The van der Waals surface area contributed by atoms with Gasteiger partial charge in [0, 0.05) is 0 Å². The number of carbonyl (C=O) groups is 2. The average Bonchev–Trinajstić information content (AvgIpc) is 2.65. The highest BCUT2D eigenvalue weighted by molar-refractivity contribution is 5.82. The van der Waals surface area contributed by atoms with Crippen molar-refractivity contribution >= 4 is 11.9 Å². The Balaban J connectivity index is 2.93. The third-order valence-corrected chi connectivity index (χ3v) is 4.76. The number of alkyl halides is 5. The molecule has 2 unspecified atom stereocenters. The second kappa shape index (κ2) is 9.54. The quantitative estimate of drug-likeness (QED) is 0.286. The van der Waals surface area contributed by atoms with Crippen LogP contribution in [-0.4, -0.2) is 24.0 Å². The van der Waals surface area contributed by atoms with E-state index >= 15 is 0 Å². The van der Waals surface area contributed by atoms with E-state index in [-0.39, 0.29) is 6.42 Å². The summed E-state index contributed by atoms with van der Waals surface area (Å²) in [6.07, 6.45) is -5.58. The third-order valence-electron chi connectivity index (χ3n) is 4.76. The fraction of sp³-hybridized carbons (Fsp3) is 0.600. The van der Waals surface area contributed by atoms with E-state index in [1.54, 1.807) is 13.8 Å². The summed E-state index contributed by atoms with van der Waals surface area (Å²) < 4.78 is 76.2. The molecule has 0 aromatic heterocycles. The molecule has 0 spiro atoms. The van der Waals surface area contributed by atoms with Crippen molar-refractivity contribution in [3.8, 4) is 5.75 Å². The molecule has 0 saturated carbocycles. The van der Waals surface area contributed by atoms with Crippen LogP contribution in [0.25, 0.3) is 0 Å². The van der Waals surface area contributed by atoms with Crippen LogP contribution in [0.1, 0.15) is 58.9 Å². The zero-order valence-corrected chi connectivity index (χ0v) is 16.7. The number of esters is 2. The fourth-order valence-corrected chi connectivity index (χ4v) is 2.68. The van der Waals surface area contributed by atoms with Gasteiger partial charge in [0.25, 0.3) is 0 Å². The van der Waals surface area contributed by atoms with Crippen LogP contribution < -0.4 is 4.74 Å². The van der Waals surface area contributed by atoms with Crippen LogP contribution in [0, 0.1) is 5.41 Å². The second-order valence-corrected chi connectivity index (χ2v) is 7.00. The molecule has 1 aromatic carbocycles. The van der Waals surface area contributed by atoms with Crippen molar-refractivity contribution < 1.29 is 41.0 Å². The molecular weight excluding hydrogens is 399 g/mol. The monoisotopic (exact) mass is 424 g/mol. The minimum absolute atomic E-state index is 0.354. The number of rotatable bonds is 9. The molecule has 0 amide bonds. The highest BCUT2D eigenvalue weighted by Crippen LogP contribution is 2.34. The first kappa shape index (κ1) is 24.8. The Labute approximate surface area is 166 Å². The first-order valence-electron chi connectivity index (χ1n) is 9.30. The summed E-state index contributed by atoms with van der Waals surface area (Å²) in [6, 6.07) is 2.74. The van der Waals surface area contributed by atoms with E-state index in [9.17, 15) is 31.5 Å². The lowest BCUT2D eigenvalue weighted by Crippen LogP contribution is -2.47. The lowest BCUT2D eigenvalue weighted by molar-refractivity contribution is -0.197. The molecule has 0 heterocycles. The topological polar surface area (TPSA) is 52.6 Å². The Morgan fingerprint density at radius 1 is 0.966 bits per heavy atom. The zero-order valence-electron chi connectivity index (χ0n) is 16.7. The molecule has 164 valence electrons. The van der Waals surface area contributed by atoms with Crippen molar-refractivity contribution in [3.63, 3.8) is 0 Å². The van der Waals surface area contributed by atoms with Gasteiger partial charge < -0.3 is 9.47 Å². The molecule has 0 fully saturated rings. The standard InChI is InChI=1S/C20H25F5O4/c1-5-12-18(4,7-3)16(26)29-15(6-2)19(21,22)17(27)28-14-10-8-13(9-11-14)20(23,24)25/h8-11,15H,5-7,12H2,1-4H3. The number of carbonyl (C=O) groups excluding carboxylic acids is 2. The van der Waals surface area contributed by atoms with Crippen molar-refractivity contribution in [2.75, 3.05) is 0 Å². The third kappa shape index (κ3) is 6.14. The molecule has 29 heavy (non-hydrogen) atoms. The largest absolute Gasteiger partial charge is 0.455 e. The number of benzene rings is 1. The first-order chi connectivity index (χ1) is 13.3. The molecule has 0 aliphatic carbocycles. The lowest BCUT2D eigenvalue weighted by atomic mass is 9.83. The van der Waals surface area contributed by atoms with Crippen LogP contribution in [0.15, 0.2) is 24.3 Å². The van der Waals surface area contributed by atoms with Crippen LogP contribution >= 0.6 is 0 Å². The van der Waals surface area contributed by atoms with Crippen LogP contribution in [0.2, 0.25) is 0 Å². The summed E-state index contributed by atoms with van der Waals surface area (Å²) in [5, 5.41) is 0. The normalized spacial score (nSPS) is 15.3. The van der Waals surface area contributed by atoms with Gasteiger partial charge in [0.2, 0.25) is 0 Å². The Kier molecular flexibility index (Phi) is 8.17. The Hall–Kier alpha value is -2.19. The minimum Gasteiger partial charge on any atom is -0.455 e. The van der Waals surface area contributed by atoms with Crippen molar-refractivity contribution in [3.05, 3.63) is 29.8 Å². The number of ether oxygens (including phenoxy) is 2. The summed E-state index contributed by atoms with van der Waals surface area (Å²) in [4.78, 5) is 24.4. The number of halogens is 5. The van der Waals surface area contributed by atoms with Gasteiger partial charge in [0.1, 0.15) is 5.75 Å². The van der Waals surface area contributed by atoms with Crippen molar-refractivity contribution in [2.45, 2.75) is 71.6 Å². The summed E-state index contributed by atoms with van der Waals surface area (Å²) in [5.74, 6) is -7.50. The highest BCUT2D eigenvalue weighted by Gasteiger charge is 2.52. The molecular formula is C20H25F5O4. The SMILES string of the molecule is CCCC(C)(CC)C(=O)OC(CC)C(F)(F)C(=O)Oc1ccc(C(F)(F)F)cc1. The maximum absolute atomic E-state index is 14.5. The van der Waals surface area contributed by atoms with Gasteiger partial charge in [-0.15, -0.1) is 0 Å². The summed E-state index contributed by atoms with van der Waals surface area (Å²) in [6.45, 7) is 6.49. The molecule has 1 aromatic rings. The minimum atomic E-state index is -4.61. The van der Waals surface area contributed by atoms with Gasteiger partial charge in [-0.05, 0) is 50.5 Å². The zero-order chi connectivity index (χ0) is 22.5. The van der Waals surface area contributed by atoms with Gasteiger partial charge in [-0.2, -0.15) is 22.0 Å². The molecule has 0 bridgehead atoms. The van der Waals surface area contributed by atoms with E-state index < -0.39 is 46.9 Å². The van der Waals surface area contributed by atoms with Gasteiger partial charge in [-0.25, -0.2) is 4.79 Å². The lowest BCUT2D eigenvalue weighted by Gasteiger charge is -2.30. The first-order valence-corrected chi connectivity index (χ1v) is 9.30. The van der Waals surface area contributed by atoms with E-state index in [4.69, 9.17) is 4.74 Å². The molecule has 1 rings (SSSR count). The number of hydrogen-bond acceptors (Lipinski definition) is 4. The van der Waals surface area contributed by atoms with Gasteiger partial charge in [0.15, 0.2) is 6.10 Å². The highest BCUT2D eigenvalue weighted by atomic mass is 19.4. The maximum Gasteiger partial charge on any atom is 0.416 e. The molecule has 0 aliphatic rings. The smallest absolute Gasteiger partial charge is 0.416 e. The number of hydrogen-bond donors (Lipinski definition) is 0. The van der Waals surface area contributed by atoms with E-state index in [1.807, 2.05) is 6.92 Å². The van der Waals surface area contributed by atoms with Crippen LogP contribution in [0.5, 0.6) is 5.75 Å². The van der Waals surface area contributed by atoms with Gasteiger partial charge >= 0.3 is 24.0 Å². The van der Waals surface area contributed by atoms with Crippen molar-refractivity contribution in [1.29, 1.82) is 0 Å². The molecule has 0 N–H and O–H groups in total. The van der Waals surface area contributed by atoms with E-state index in [0.29, 0.717) is 31.4 Å². The molecule has 0 radical (unpaired) electrons. The van der Waals surface area contributed by atoms with E-state index in [1.165, 1.54) is 6.92 Å². The van der Waals surface area contributed by atoms with Crippen molar-refractivity contribution in [2.24, 2.45) is 5.41 Å². The molecule has 0 saturated heterocycles. The van der Waals surface area contributed by atoms with Gasteiger partial charge in [0.05, 0.1) is 11.0 Å².